The highest BCUT2D eigenvalue weighted by Gasteiger charge is 2.31. The minimum Gasteiger partial charge on any atom is -0.310 e. The van der Waals surface area contributed by atoms with Crippen molar-refractivity contribution in [2.24, 2.45) is 11.3 Å². The van der Waals surface area contributed by atoms with E-state index < -0.39 is 0 Å². The normalized spacial score (nSPS) is 25.4. The highest BCUT2D eigenvalue weighted by molar-refractivity contribution is 5.32. The number of rotatable bonds is 4. The molecule has 0 spiro atoms. The zero-order valence-electron chi connectivity index (χ0n) is 12.6. The molecule has 2 rings (SSSR count). The van der Waals surface area contributed by atoms with E-state index in [-0.39, 0.29) is 10.6 Å². The van der Waals surface area contributed by atoms with Gasteiger partial charge in [-0.3, -0.25) is 10.1 Å². The number of benzene rings is 1. The van der Waals surface area contributed by atoms with Crippen LogP contribution in [0.2, 0.25) is 0 Å². The van der Waals surface area contributed by atoms with Gasteiger partial charge in [-0.1, -0.05) is 32.9 Å². The molecule has 2 unspecified atom stereocenters. The van der Waals surface area contributed by atoms with Gasteiger partial charge < -0.3 is 5.32 Å². The van der Waals surface area contributed by atoms with Crippen molar-refractivity contribution in [3.8, 4) is 0 Å². The lowest BCUT2D eigenvalue weighted by atomic mass is 9.70. The highest BCUT2D eigenvalue weighted by atomic mass is 16.6. The molecular formula is C16H24N2O2. The molecule has 0 saturated heterocycles. The molecule has 2 atom stereocenters. The van der Waals surface area contributed by atoms with Crippen LogP contribution in [-0.2, 0) is 6.54 Å². The Kier molecular flexibility index (Phi) is 4.43. The van der Waals surface area contributed by atoms with Gasteiger partial charge in [0.15, 0.2) is 0 Å². The molecule has 0 radical (unpaired) electrons. The summed E-state index contributed by atoms with van der Waals surface area (Å²) in [7, 11) is 0. The van der Waals surface area contributed by atoms with Gasteiger partial charge in [0, 0.05) is 24.7 Å². The summed E-state index contributed by atoms with van der Waals surface area (Å²) in [5, 5.41) is 14.2. The van der Waals surface area contributed by atoms with Crippen LogP contribution in [0.5, 0.6) is 0 Å². The molecule has 0 aliphatic heterocycles. The van der Waals surface area contributed by atoms with E-state index in [0.29, 0.717) is 17.4 Å². The van der Waals surface area contributed by atoms with E-state index in [1.165, 1.54) is 19.3 Å². The van der Waals surface area contributed by atoms with Gasteiger partial charge in [-0.05, 0) is 36.2 Å². The van der Waals surface area contributed by atoms with Gasteiger partial charge in [0.05, 0.1) is 4.92 Å². The van der Waals surface area contributed by atoms with Gasteiger partial charge in [0.1, 0.15) is 0 Å². The molecule has 1 N–H and O–H groups in total. The van der Waals surface area contributed by atoms with E-state index in [0.717, 1.165) is 12.1 Å². The van der Waals surface area contributed by atoms with Crippen molar-refractivity contribution in [1.29, 1.82) is 0 Å². The number of nitrogens with zero attached hydrogens (tertiary/aromatic N) is 1. The fraction of sp³-hybridized carbons (Fsp3) is 0.625. The first-order valence-electron chi connectivity index (χ1n) is 7.34. The van der Waals surface area contributed by atoms with Crippen molar-refractivity contribution in [1.82, 2.24) is 5.32 Å². The molecule has 1 aromatic rings. The Morgan fingerprint density at radius 2 is 2.00 bits per heavy atom. The average Bonchev–Trinajstić information content (AvgIpc) is 2.37. The Labute approximate surface area is 120 Å². The molecular weight excluding hydrogens is 252 g/mol. The summed E-state index contributed by atoms with van der Waals surface area (Å²) in [5.74, 6) is 0.678. The van der Waals surface area contributed by atoms with Crippen LogP contribution < -0.4 is 5.32 Å². The summed E-state index contributed by atoms with van der Waals surface area (Å²) < 4.78 is 0. The first kappa shape index (κ1) is 15.0. The number of nitrogens with one attached hydrogen (secondary N) is 1. The summed E-state index contributed by atoms with van der Waals surface area (Å²) in [6.07, 6.45) is 3.72. The third kappa shape index (κ3) is 3.79. The zero-order chi connectivity index (χ0) is 14.8. The average molecular weight is 276 g/mol. The van der Waals surface area contributed by atoms with Gasteiger partial charge in [0.25, 0.3) is 5.69 Å². The molecule has 20 heavy (non-hydrogen) atoms. The summed E-state index contributed by atoms with van der Waals surface area (Å²) in [5.41, 5.74) is 1.72. The van der Waals surface area contributed by atoms with Crippen molar-refractivity contribution in [2.45, 2.75) is 52.6 Å². The Balaban J connectivity index is 1.87. The van der Waals surface area contributed by atoms with E-state index in [4.69, 9.17) is 0 Å². The fourth-order valence-corrected chi connectivity index (χ4v) is 3.23. The summed E-state index contributed by atoms with van der Waals surface area (Å²) in [6.45, 7) is 7.79. The Hall–Kier alpha value is -1.42. The Morgan fingerprint density at radius 3 is 2.55 bits per heavy atom. The fourth-order valence-electron chi connectivity index (χ4n) is 3.23. The SMILES string of the molecule is CC1CC(C)(C)CCC1NCc1ccc([N+](=O)[O-])cc1. The molecule has 1 aromatic carbocycles. The quantitative estimate of drug-likeness (QED) is 0.670. The number of nitro groups is 1. The Bertz CT molecular complexity index is 468. The first-order valence-corrected chi connectivity index (χ1v) is 7.34. The zero-order valence-corrected chi connectivity index (χ0v) is 12.6. The highest BCUT2D eigenvalue weighted by Crippen LogP contribution is 2.38. The van der Waals surface area contributed by atoms with Crippen molar-refractivity contribution >= 4 is 5.69 Å². The van der Waals surface area contributed by atoms with Gasteiger partial charge in [0.2, 0.25) is 0 Å². The molecule has 110 valence electrons. The molecule has 1 aliphatic carbocycles. The largest absolute Gasteiger partial charge is 0.310 e. The number of nitro benzene ring substituents is 1. The van der Waals surface area contributed by atoms with Gasteiger partial charge >= 0.3 is 0 Å². The van der Waals surface area contributed by atoms with E-state index in [1.807, 2.05) is 12.1 Å². The third-order valence-corrected chi connectivity index (χ3v) is 4.41. The van der Waals surface area contributed by atoms with Crippen LogP contribution in [0.4, 0.5) is 5.69 Å². The van der Waals surface area contributed by atoms with Gasteiger partial charge in [-0.2, -0.15) is 0 Å². The van der Waals surface area contributed by atoms with Gasteiger partial charge in [-0.25, -0.2) is 0 Å². The minimum absolute atomic E-state index is 0.154. The number of hydrogen-bond donors (Lipinski definition) is 1. The third-order valence-electron chi connectivity index (χ3n) is 4.41. The standard InChI is InChI=1S/C16H24N2O2/c1-12-10-16(2,3)9-8-15(12)17-11-13-4-6-14(7-5-13)18(19)20/h4-7,12,15,17H,8-11H2,1-3H3. The van der Waals surface area contributed by atoms with Crippen LogP contribution in [-0.4, -0.2) is 11.0 Å². The smallest absolute Gasteiger partial charge is 0.269 e. The van der Waals surface area contributed by atoms with Crippen LogP contribution in [0.3, 0.4) is 0 Å². The van der Waals surface area contributed by atoms with Crippen molar-refractivity contribution in [3.63, 3.8) is 0 Å². The molecule has 1 fully saturated rings. The van der Waals surface area contributed by atoms with Crippen LogP contribution in [0.25, 0.3) is 0 Å². The maximum atomic E-state index is 10.6. The van der Waals surface area contributed by atoms with E-state index in [1.54, 1.807) is 12.1 Å². The van der Waals surface area contributed by atoms with E-state index >= 15 is 0 Å². The maximum absolute atomic E-state index is 10.6. The molecule has 4 nitrogen and oxygen atoms in total. The second kappa shape index (κ2) is 5.92. The van der Waals surface area contributed by atoms with Crippen molar-refractivity contribution < 1.29 is 4.92 Å². The van der Waals surface area contributed by atoms with E-state index in [9.17, 15) is 10.1 Å². The summed E-state index contributed by atoms with van der Waals surface area (Å²) in [4.78, 5) is 10.3. The lowest BCUT2D eigenvalue weighted by Gasteiger charge is -2.39. The first-order chi connectivity index (χ1) is 9.37. The molecule has 1 saturated carbocycles. The van der Waals surface area contributed by atoms with Crippen molar-refractivity contribution in [3.05, 3.63) is 39.9 Å². The predicted octanol–water partition coefficient (Wildman–Crippen LogP) is 3.90. The predicted molar refractivity (Wildman–Crippen MR) is 80.5 cm³/mol. The molecule has 0 bridgehead atoms. The lowest BCUT2D eigenvalue weighted by molar-refractivity contribution is -0.384. The van der Waals surface area contributed by atoms with Crippen molar-refractivity contribution in [2.75, 3.05) is 0 Å². The molecule has 0 amide bonds. The summed E-state index contributed by atoms with van der Waals surface area (Å²) in [6, 6.07) is 7.37. The molecule has 0 aromatic heterocycles. The lowest BCUT2D eigenvalue weighted by Crippen LogP contribution is -2.41. The molecule has 4 heteroatoms. The summed E-state index contributed by atoms with van der Waals surface area (Å²) >= 11 is 0. The monoisotopic (exact) mass is 276 g/mol. The second-order valence-corrected chi connectivity index (χ2v) is 6.80. The van der Waals surface area contributed by atoms with Crippen LogP contribution in [0.15, 0.2) is 24.3 Å². The number of hydrogen-bond acceptors (Lipinski definition) is 3. The minimum atomic E-state index is -0.359. The molecule has 1 aliphatic rings. The molecule has 0 heterocycles. The van der Waals surface area contributed by atoms with E-state index in [2.05, 4.69) is 26.1 Å². The maximum Gasteiger partial charge on any atom is 0.269 e. The topological polar surface area (TPSA) is 55.2 Å². The van der Waals surface area contributed by atoms with Crippen LogP contribution >= 0.6 is 0 Å². The van der Waals surface area contributed by atoms with Gasteiger partial charge in [-0.15, -0.1) is 0 Å². The van der Waals surface area contributed by atoms with Crippen LogP contribution in [0, 0.1) is 21.4 Å². The second-order valence-electron chi connectivity index (χ2n) is 6.80. The Morgan fingerprint density at radius 1 is 1.35 bits per heavy atom. The van der Waals surface area contributed by atoms with Crippen LogP contribution in [0.1, 0.15) is 45.6 Å². The number of non-ortho nitro benzene ring substituents is 1.